The maximum atomic E-state index is 14.9. The minimum Gasteiger partial charge on any atom is -0.379 e. The lowest BCUT2D eigenvalue weighted by molar-refractivity contribution is -0.462. The van der Waals surface area contributed by atoms with Gasteiger partial charge in [0.2, 0.25) is 0 Å². The molecule has 0 radical (unpaired) electrons. The number of aryl methyl sites for hydroxylation is 1. The normalized spacial score (nSPS) is 14.2. The van der Waals surface area contributed by atoms with Gasteiger partial charge in [0.15, 0.2) is 0 Å². The first-order chi connectivity index (χ1) is 26.4. The Morgan fingerprint density at radius 3 is 1.67 bits per heavy atom. The van der Waals surface area contributed by atoms with E-state index in [-0.39, 0.29) is 12.1 Å². The Bertz CT molecular complexity index is 2430. The van der Waals surface area contributed by atoms with Crippen LogP contribution in [0.3, 0.4) is 0 Å². The quantitative estimate of drug-likeness (QED) is 0.0873. The van der Waals surface area contributed by atoms with Crippen LogP contribution in [-0.4, -0.2) is 59.7 Å². The Morgan fingerprint density at radius 1 is 0.586 bits per heavy atom. The fourth-order valence-corrected chi connectivity index (χ4v) is 6.48. The van der Waals surface area contributed by atoms with Gasteiger partial charge in [-0.05, 0) is 61.5 Å². The molecule has 5 rings (SSSR count). The maximum absolute atomic E-state index is 14.9. The van der Waals surface area contributed by atoms with Gasteiger partial charge >= 0.3 is 57.8 Å². The van der Waals surface area contributed by atoms with Crippen molar-refractivity contribution < 1.29 is 87.2 Å². The van der Waals surface area contributed by atoms with Gasteiger partial charge < -0.3 is 8.75 Å². The summed E-state index contributed by atoms with van der Waals surface area (Å²) in [6, 6.07) is 16.5. The molecule has 2 aromatic heterocycles. The van der Waals surface area contributed by atoms with Crippen LogP contribution >= 0.6 is 0 Å². The average Bonchev–Trinajstić information content (AvgIpc) is 3.53. The van der Waals surface area contributed by atoms with Gasteiger partial charge in [0, 0.05) is 40.3 Å². The predicted octanol–water partition coefficient (Wildman–Crippen LogP) is 11.6. The summed E-state index contributed by atoms with van der Waals surface area (Å²) in [4.78, 5) is 3.04. The molecule has 0 saturated carbocycles. The Labute approximate surface area is 314 Å². The van der Waals surface area contributed by atoms with Crippen molar-refractivity contribution in [2.75, 3.05) is 0 Å². The van der Waals surface area contributed by atoms with E-state index in [2.05, 4.69) is 4.98 Å². The zero-order valence-corrected chi connectivity index (χ0v) is 29.2. The zero-order chi connectivity index (χ0) is 43.7. The van der Waals surface area contributed by atoms with E-state index >= 15 is 0 Å². The number of nitrogens with zero attached hydrogens (tertiary/aromatic N) is 2. The molecule has 5 aromatic rings. The van der Waals surface area contributed by atoms with Crippen molar-refractivity contribution in [3.63, 3.8) is 0 Å². The number of aromatic nitrogens is 2. The lowest BCUT2D eigenvalue weighted by Gasteiger charge is -2.42. The van der Waals surface area contributed by atoms with Gasteiger partial charge in [-0.3, -0.25) is 0 Å². The summed E-state index contributed by atoms with van der Waals surface area (Å²) in [5.41, 5.74) is 0.270. The van der Waals surface area contributed by atoms with E-state index in [0.29, 0.717) is 29.6 Å². The third kappa shape index (κ3) is 6.67. The van der Waals surface area contributed by atoms with Crippen LogP contribution in [0.5, 0.6) is 5.75 Å². The molecule has 0 atom stereocenters. The van der Waals surface area contributed by atoms with Gasteiger partial charge in [-0.2, -0.15) is 83.1 Å². The molecular weight excluding hydrogens is 851 g/mol. The second-order valence-corrected chi connectivity index (χ2v) is 13.9. The summed E-state index contributed by atoms with van der Waals surface area (Å²) in [5, 5.41) is 0.888. The van der Waals surface area contributed by atoms with Gasteiger partial charge in [-0.15, -0.1) is 0 Å². The molecule has 58 heavy (non-hydrogen) atoms. The number of pyridine rings is 1. The summed E-state index contributed by atoms with van der Waals surface area (Å²) in [5.74, 6) is -58.7. The molecule has 0 spiro atoms. The standard InChI is InChI=1S/C35H21F17N2O3S/c1-2-54-18-24(23-9-3-4-12-27(23)54)26-11-6-10-25(53-26)19-13-15-21(16-14-19)57-58(55,56)22-8-5-7-20(17-22)28(36,37)29(38,39)30(40,41)31(42,43)32(44,45)33(46,47)34(48,49)35(50,51)52/h3-18H,2H2,1H3. The van der Waals surface area contributed by atoms with Crippen molar-refractivity contribution in [1.29, 1.82) is 0 Å². The van der Waals surface area contributed by atoms with Gasteiger partial charge in [0.25, 0.3) is 0 Å². The molecule has 314 valence electrons. The highest BCUT2D eigenvalue weighted by Crippen LogP contribution is 2.65. The monoisotopic (exact) mass is 872 g/mol. The van der Waals surface area contributed by atoms with Crippen LogP contribution in [0, 0.1) is 0 Å². The first kappa shape index (κ1) is 44.0. The van der Waals surface area contributed by atoms with E-state index in [1.54, 1.807) is 18.2 Å². The lowest BCUT2D eigenvalue weighted by atomic mass is 9.87. The fraction of sp³-hybridized carbons (Fsp3) is 0.286. The molecule has 2 heterocycles. The third-order valence-corrected chi connectivity index (χ3v) is 9.96. The Morgan fingerprint density at radius 2 is 1.10 bits per heavy atom. The minimum absolute atomic E-state index is 0.109. The molecule has 3 aromatic carbocycles. The first-order valence-corrected chi connectivity index (χ1v) is 17.2. The molecule has 23 heteroatoms. The van der Waals surface area contributed by atoms with Gasteiger partial charge in [0.1, 0.15) is 10.6 Å². The lowest BCUT2D eigenvalue weighted by Crippen LogP contribution is -2.74. The first-order valence-electron chi connectivity index (χ1n) is 15.8. The van der Waals surface area contributed by atoms with Crippen molar-refractivity contribution in [2.24, 2.45) is 0 Å². The highest BCUT2D eigenvalue weighted by Gasteiger charge is 2.95. The third-order valence-electron chi connectivity index (χ3n) is 8.72. The molecule has 0 aliphatic heterocycles. The van der Waals surface area contributed by atoms with Crippen molar-refractivity contribution in [1.82, 2.24) is 9.55 Å². The van der Waals surface area contributed by atoms with Crippen LogP contribution < -0.4 is 4.18 Å². The van der Waals surface area contributed by atoms with Gasteiger partial charge in [-0.1, -0.05) is 36.4 Å². The van der Waals surface area contributed by atoms with Crippen LogP contribution in [0.4, 0.5) is 74.6 Å². The van der Waals surface area contributed by atoms with Gasteiger partial charge in [-0.25, -0.2) is 4.98 Å². The number of benzene rings is 3. The summed E-state index contributed by atoms with van der Waals surface area (Å²) >= 11 is 0. The zero-order valence-electron chi connectivity index (χ0n) is 28.4. The van der Waals surface area contributed by atoms with Crippen LogP contribution in [-0.2, 0) is 22.6 Å². The molecule has 0 amide bonds. The summed E-state index contributed by atoms with van der Waals surface area (Å²) < 4.78 is 267. The van der Waals surface area contributed by atoms with Crippen LogP contribution in [0.2, 0.25) is 0 Å². The number of halogens is 17. The molecule has 0 N–H and O–H groups in total. The highest BCUT2D eigenvalue weighted by atomic mass is 32.2. The second-order valence-electron chi connectivity index (χ2n) is 12.4. The topological polar surface area (TPSA) is 61.2 Å². The molecule has 0 aliphatic rings. The summed E-state index contributed by atoms with van der Waals surface area (Å²) in [6.07, 6.45) is -5.99. The minimum atomic E-state index is -8.80. The van der Waals surface area contributed by atoms with Crippen molar-refractivity contribution in [3.8, 4) is 28.3 Å². The van der Waals surface area contributed by atoms with Crippen LogP contribution in [0.25, 0.3) is 33.4 Å². The molecular formula is C35H21F17N2O3S. The van der Waals surface area contributed by atoms with E-state index < -0.39 is 80.0 Å². The number of hydrogen-bond acceptors (Lipinski definition) is 4. The maximum Gasteiger partial charge on any atom is 0.460 e. The second kappa shape index (κ2) is 14.0. The summed E-state index contributed by atoms with van der Waals surface area (Å²) in [6.45, 7) is 2.58. The number of alkyl halides is 17. The SMILES string of the molecule is CCn1cc(-c2cccc(-c3ccc(OS(=O)(=O)c4cccc(C(F)(F)C(F)(F)C(F)(F)C(F)(F)C(F)(F)C(F)(F)C(F)(F)C(F)(F)F)c4)cc3)n2)c2ccccc21. The summed E-state index contributed by atoms with van der Waals surface area (Å²) in [7, 11) is -5.46. The molecule has 0 bridgehead atoms. The van der Waals surface area contributed by atoms with Crippen molar-refractivity contribution >= 4 is 21.0 Å². The Hall–Kier alpha value is -5.09. The largest absolute Gasteiger partial charge is 0.460 e. The highest BCUT2D eigenvalue weighted by molar-refractivity contribution is 7.87. The molecule has 0 unspecified atom stereocenters. The molecule has 5 nitrogen and oxygen atoms in total. The fourth-order valence-electron chi connectivity index (χ4n) is 5.51. The van der Waals surface area contributed by atoms with Crippen LogP contribution in [0.15, 0.2) is 102 Å². The molecule has 0 fully saturated rings. The Kier molecular flexibility index (Phi) is 10.7. The average molecular weight is 873 g/mol. The molecule has 0 aliphatic carbocycles. The van der Waals surface area contributed by atoms with Gasteiger partial charge in [0.05, 0.1) is 11.4 Å². The van der Waals surface area contributed by atoms with E-state index in [0.717, 1.165) is 28.6 Å². The smallest absolute Gasteiger partial charge is 0.379 e. The van der Waals surface area contributed by atoms with E-state index in [4.69, 9.17) is 4.18 Å². The van der Waals surface area contributed by atoms with E-state index in [1.807, 2.05) is 42.0 Å². The number of para-hydroxylation sites is 1. The van der Waals surface area contributed by atoms with Crippen molar-refractivity contribution in [2.45, 2.75) is 66.0 Å². The number of hydrogen-bond donors (Lipinski definition) is 0. The number of fused-ring (bicyclic) bond motifs is 1. The van der Waals surface area contributed by atoms with E-state index in [1.165, 1.54) is 12.1 Å². The molecule has 0 saturated heterocycles. The van der Waals surface area contributed by atoms with Crippen LogP contribution in [0.1, 0.15) is 12.5 Å². The Balaban J connectivity index is 1.41. The van der Waals surface area contributed by atoms with Crippen molar-refractivity contribution in [3.05, 3.63) is 103 Å². The predicted molar refractivity (Wildman–Crippen MR) is 170 cm³/mol. The van der Waals surface area contributed by atoms with E-state index in [9.17, 15) is 83.1 Å². The number of rotatable bonds is 13.